The van der Waals surface area contributed by atoms with Crippen molar-refractivity contribution in [2.24, 2.45) is 5.92 Å². The molecular weight excluding hydrogens is 701 g/mol. The molecule has 3 aromatic heterocycles. The number of benzene rings is 5. The lowest BCUT2D eigenvalue weighted by molar-refractivity contribution is 0.446. The van der Waals surface area contributed by atoms with Crippen molar-refractivity contribution in [3.63, 3.8) is 0 Å². The van der Waals surface area contributed by atoms with Crippen LogP contribution in [0, 0.1) is 5.92 Å². The van der Waals surface area contributed by atoms with Gasteiger partial charge in [-0.1, -0.05) is 128 Å². The maximum absolute atomic E-state index is 12.2. The second-order valence-electron chi connectivity index (χ2n) is 17.5. The monoisotopic (exact) mass is 750 g/mol. The van der Waals surface area contributed by atoms with Crippen LogP contribution in [0.2, 0.25) is 0 Å². The van der Waals surface area contributed by atoms with Gasteiger partial charge in [-0.3, -0.25) is 4.90 Å². The molecule has 0 saturated carbocycles. The van der Waals surface area contributed by atoms with Crippen LogP contribution in [0.15, 0.2) is 138 Å². The van der Waals surface area contributed by atoms with Crippen molar-refractivity contribution < 1.29 is 9.52 Å². The van der Waals surface area contributed by atoms with Crippen LogP contribution in [-0.2, 0) is 17.3 Å². The molecule has 1 N–H and O–H groups in total. The van der Waals surface area contributed by atoms with Gasteiger partial charge in [-0.25, -0.2) is 15.0 Å². The molecule has 0 radical (unpaired) electrons. The average molecular weight is 751 g/mol. The Bertz CT molecular complexity index is 2720. The largest absolute Gasteiger partial charge is 0.507 e. The molecule has 5 aromatic carbocycles. The minimum atomic E-state index is -0.325. The average Bonchev–Trinajstić information content (AvgIpc) is 3.56. The number of phenolic OH excluding ortho intramolecular Hbond substituents is 1. The molecule has 0 spiro atoms. The van der Waals surface area contributed by atoms with Crippen LogP contribution in [-0.4, -0.2) is 20.1 Å². The third-order valence-corrected chi connectivity index (χ3v) is 10.5. The summed E-state index contributed by atoms with van der Waals surface area (Å²) >= 11 is 0. The number of furan rings is 1. The molecule has 0 bridgehead atoms. The van der Waals surface area contributed by atoms with E-state index < -0.39 is 0 Å². The summed E-state index contributed by atoms with van der Waals surface area (Å²) in [5, 5.41) is 13.1. The molecule has 0 aliphatic rings. The number of rotatable bonds is 8. The Labute approximate surface area is 335 Å². The van der Waals surface area contributed by atoms with Crippen LogP contribution in [0.4, 0.5) is 17.2 Å². The van der Waals surface area contributed by atoms with E-state index in [9.17, 15) is 5.11 Å². The summed E-state index contributed by atoms with van der Waals surface area (Å²) in [4.78, 5) is 17.8. The number of pyridine rings is 1. The zero-order valence-corrected chi connectivity index (χ0v) is 34.1. The zero-order valence-electron chi connectivity index (χ0n) is 34.1. The Morgan fingerprint density at radius 1 is 0.684 bits per heavy atom. The van der Waals surface area contributed by atoms with E-state index in [2.05, 4.69) is 139 Å². The van der Waals surface area contributed by atoms with Gasteiger partial charge in [0.15, 0.2) is 11.4 Å². The Morgan fingerprint density at radius 3 is 2.12 bits per heavy atom. The second-order valence-corrected chi connectivity index (χ2v) is 17.5. The van der Waals surface area contributed by atoms with Gasteiger partial charge in [-0.2, -0.15) is 0 Å². The first kappa shape index (κ1) is 37.6. The van der Waals surface area contributed by atoms with E-state index in [1.54, 1.807) is 0 Å². The number of hydrogen-bond donors (Lipinski definition) is 1. The first-order valence-corrected chi connectivity index (χ1v) is 19.8. The SMILES string of the molecule is CC(C)Cc1cc(-c2nc(-c3cc(C(C)(C)C)cc(C(C)(C)C)c3O)c3oc4ccccc4c3n2)cc(N(c2ccccn2)c2ccccc2-c2ccccc2)c1. The Hall–Kier alpha value is -6.27. The fourth-order valence-corrected chi connectivity index (χ4v) is 7.65. The molecule has 57 heavy (non-hydrogen) atoms. The standard InChI is InChI=1S/C51H50N4O2/c1-32(2)26-33-27-35(29-37(28-33)55(44-24-16-17-25-52-44)42-22-14-12-20-38(42)34-18-10-9-11-19-34)49-53-45-39-21-13-15-23-43(39)57-48(45)46(54-49)40-30-36(50(3,4)5)31-41(47(40)56)51(6,7)8/h9-25,27-32,56H,26H2,1-8H3. The fraction of sp³-hybridized carbons (Fsp3) is 0.235. The van der Waals surface area contributed by atoms with Crippen molar-refractivity contribution in [1.29, 1.82) is 0 Å². The van der Waals surface area contributed by atoms with Gasteiger partial charge < -0.3 is 9.52 Å². The molecule has 286 valence electrons. The highest BCUT2D eigenvalue weighted by molar-refractivity contribution is 6.07. The van der Waals surface area contributed by atoms with Crippen molar-refractivity contribution in [1.82, 2.24) is 15.0 Å². The van der Waals surface area contributed by atoms with Crippen molar-refractivity contribution in [3.8, 4) is 39.5 Å². The van der Waals surface area contributed by atoms with Crippen molar-refractivity contribution in [3.05, 3.63) is 150 Å². The maximum Gasteiger partial charge on any atom is 0.180 e. The quantitative estimate of drug-likeness (QED) is 0.167. The summed E-state index contributed by atoms with van der Waals surface area (Å²) in [5.74, 6) is 1.95. The van der Waals surface area contributed by atoms with E-state index in [4.69, 9.17) is 19.4 Å². The van der Waals surface area contributed by atoms with Crippen molar-refractivity contribution >= 4 is 39.3 Å². The normalized spacial score (nSPS) is 12.2. The van der Waals surface area contributed by atoms with Gasteiger partial charge >= 0.3 is 0 Å². The second kappa shape index (κ2) is 14.7. The van der Waals surface area contributed by atoms with Crippen LogP contribution in [0.25, 0.3) is 55.8 Å². The lowest BCUT2D eigenvalue weighted by Crippen LogP contribution is -2.17. The third-order valence-electron chi connectivity index (χ3n) is 10.5. The van der Waals surface area contributed by atoms with Crippen LogP contribution >= 0.6 is 0 Å². The summed E-state index contributed by atoms with van der Waals surface area (Å²) in [6, 6.07) is 43.8. The number of anilines is 3. The first-order chi connectivity index (χ1) is 27.3. The van der Waals surface area contributed by atoms with Gasteiger partial charge in [0.25, 0.3) is 0 Å². The molecule has 8 rings (SSSR count). The van der Waals surface area contributed by atoms with Crippen LogP contribution in [0.5, 0.6) is 5.75 Å². The molecular formula is C51H50N4O2. The predicted molar refractivity (Wildman–Crippen MR) is 236 cm³/mol. The molecule has 0 unspecified atom stereocenters. The Morgan fingerprint density at radius 2 is 1.40 bits per heavy atom. The van der Waals surface area contributed by atoms with Crippen LogP contribution < -0.4 is 4.90 Å². The summed E-state index contributed by atoms with van der Waals surface area (Å²) in [5.41, 5.74) is 10.8. The molecule has 6 heteroatoms. The van der Waals surface area contributed by atoms with Crippen molar-refractivity contribution in [2.45, 2.75) is 72.6 Å². The van der Waals surface area contributed by atoms with Gasteiger partial charge in [0.2, 0.25) is 0 Å². The summed E-state index contributed by atoms with van der Waals surface area (Å²) in [6.07, 6.45) is 2.69. The van der Waals surface area contributed by atoms with Crippen LogP contribution in [0.1, 0.15) is 72.1 Å². The highest BCUT2D eigenvalue weighted by Crippen LogP contribution is 2.46. The number of fused-ring (bicyclic) bond motifs is 3. The van der Waals surface area contributed by atoms with Crippen molar-refractivity contribution in [2.75, 3.05) is 4.90 Å². The highest BCUT2D eigenvalue weighted by Gasteiger charge is 2.29. The van der Waals surface area contributed by atoms with E-state index in [1.165, 1.54) is 0 Å². The number of hydrogen-bond acceptors (Lipinski definition) is 6. The lowest BCUT2D eigenvalue weighted by Gasteiger charge is -2.28. The van der Waals surface area contributed by atoms with E-state index in [0.717, 1.165) is 68.0 Å². The van der Waals surface area contributed by atoms with Gasteiger partial charge in [0.05, 0.1) is 5.69 Å². The summed E-state index contributed by atoms with van der Waals surface area (Å²) < 4.78 is 6.59. The molecule has 6 nitrogen and oxygen atoms in total. The molecule has 0 saturated heterocycles. The summed E-state index contributed by atoms with van der Waals surface area (Å²) in [7, 11) is 0. The van der Waals surface area contributed by atoms with E-state index in [1.807, 2.05) is 54.7 Å². The number of aromatic nitrogens is 3. The molecule has 8 aromatic rings. The molecule has 0 fully saturated rings. The lowest BCUT2D eigenvalue weighted by atomic mass is 9.78. The number of aromatic hydroxyl groups is 1. The van der Waals surface area contributed by atoms with E-state index in [-0.39, 0.29) is 16.6 Å². The zero-order chi connectivity index (χ0) is 40.1. The Kier molecular flexibility index (Phi) is 9.69. The molecule has 3 heterocycles. The number of phenols is 1. The first-order valence-electron chi connectivity index (χ1n) is 19.8. The maximum atomic E-state index is 12.2. The minimum absolute atomic E-state index is 0.184. The van der Waals surface area contributed by atoms with Gasteiger partial charge in [-0.15, -0.1) is 0 Å². The van der Waals surface area contributed by atoms with Gasteiger partial charge in [0, 0.05) is 39.5 Å². The molecule has 0 aliphatic heterocycles. The fourth-order valence-electron chi connectivity index (χ4n) is 7.65. The molecule has 0 aliphatic carbocycles. The predicted octanol–water partition coefficient (Wildman–Crippen LogP) is 13.7. The van der Waals surface area contributed by atoms with Gasteiger partial charge in [0.1, 0.15) is 28.4 Å². The summed E-state index contributed by atoms with van der Waals surface area (Å²) in [6.45, 7) is 17.5. The van der Waals surface area contributed by atoms with E-state index >= 15 is 0 Å². The highest BCUT2D eigenvalue weighted by atomic mass is 16.3. The molecule has 0 atom stereocenters. The number of para-hydroxylation sites is 2. The third kappa shape index (κ3) is 7.40. The minimum Gasteiger partial charge on any atom is -0.507 e. The van der Waals surface area contributed by atoms with Crippen LogP contribution in [0.3, 0.4) is 0 Å². The van der Waals surface area contributed by atoms with E-state index in [0.29, 0.717) is 34.1 Å². The smallest absolute Gasteiger partial charge is 0.180 e. The van der Waals surface area contributed by atoms with Gasteiger partial charge in [-0.05, 0) is 94.5 Å². The topological polar surface area (TPSA) is 75.3 Å². The Balaban J connectivity index is 1.43. The number of nitrogens with zero attached hydrogens (tertiary/aromatic N) is 4. The molecule has 0 amide bonds.